The number of anilines is 1. The summed E-state index contributed by atoms with van der Waals surface area (Å²) in [6.07, 6.45) is 0. The fraction of sp³-hybridized carbons (Fsp3) is 0.312. The molecule has 0 unspecified atom stereocenters. The summed E-state index contributed by atoms with van der Waals surface area (Å²) in [5, 5.41) is 6.33. The zero-order valence-corrected chi connectivity index (χ0v) is 14.3. The van der Waals surface area contributed by atoms with Gasteiger partial charge in [-0.15, -0.1) is 11.3 Å². The van der Waals surface area contributed by atoms with Crippen LogP contribution in [0.4, 0.5) is 5.13 Å². The summed E-state index contributed by atoms with van der Waals surface area (Å²) < 4.78 is 0. The van der Waals surface area contributed by atoms with Crippen LogP contribution < -0.4 is 10.2 Å². The van der Waals surface area contributed by atoms with E-state index in [-0.39, 0.29) is 11.0 Å². The Kier molecular flexibility index (Phi) is 4.97. The van der Waals surface area contributed by atoms with Crippen LogP contribution in [0.15, 0.2) is 35.7 Å². The first-order chi connectivity index (χ1) is 11.1. The second kappa shape index (κ2) is 7.14. The molecule has 1 aliphatic rings. The number of nitrogens with one attached hydrogen (secondary N) is 1. The molecular formula is C16H17N3O2S2. The average Bonchev–Trinajstić information content (AvgIpc) is 2.97. The van der Waals surface area contributed by atoms with E-state index in [1.807, 2.05) is 23.6 Å². The van der Waals surface area contributed by atoms with Gasteiger partial charge in [0.2, 0.25) is 0 Å². The molecule has 1 fully saturated rings. The van der Waals surface area contributed by atoms with Crippen molar-refractivity contribution < 1.29 is 9.59 Å². The molecule has 0 radical (unpaired) electrons. The van der Waals surface area contributed by atoms with Crippen LogP contribution in [0.2, 0.25) is 0 Å². The Hall–Kier alpha value is -1.86. The van der Waals surface area contributed by atoms with E-state index in [2.05, 4.69) is 15.2 Å². The molecular weight excluding hydrogens is 330 g/mol. The highest BCUT2D eigenvalue weighted by Crippen LogP contribution is 2.30. The predicted octanol–water partition coefficient (Wildman–Crippen LogP) is 2.54. The van der Waals surface area contributed by atoms with Crippen LogP contribution in [0.5, 0.6) is 0 Å². The second-order valence-corrected chi connectivity index (χ2v) is 7.62. The van der Waals surface area contributed by atoms with Gasteiger partial charge in [-0.3, -0.25) is 9.59 Å². The molecule has 120 valence electrons. The van der Waals surface area contributed by atoms with Gasteiger partial charge in [-0.1, -0.05) is 30.0 Å². The molecule has 7 heteroatoms. The molecule has 5 nitrogen and oxygen atoms in total. The molecule has 1 saturated heterocycles. The molecule has 3 rings (SSSR count). The van der Waals surface area contributed by atoms with Gasteiger partial charge in [0.15, 0.2) is 10.2 Å². The fourth-order valence-corrected chi connectivity index (χ4v) is 4.11. The summed E-state index contributed by atoms with van der Waals surface area (Å²) in [5.41, 5.74) is 1.51. The van der Waals surface area contributed by atoms with E-state index in [0.29, 0.717) is 17.4 Å². The summed E-state index contributed by atoms with van der Waals surface area (Å²) in [5.74, 6) is -0.0953. The van der Waals surface area contributed by atoms with Crippen LogP contribution in [0.1, 0.15) is 23.0 Å². The summed E-state index contributed by atoms with van der Waals surface area (Å²) in [4.78, 5) is 29.8. The van der Waals surface area contributed by atoms with Crippen LogP contribution in [-0.2, 0) is 11.3 Å². The number of benzene rings is 1. The van der Waals surface area contributed by atoms with Gasteiger partial charge in [-0.25, -0.2) is 4.98 Å². The van der Waals surface area contributed by atoms with Crippen molar-refractivity contribution in [3.05, 3.63) is 47.0 Å². The van der Waals surface area contributed by atoms with Crippen molar-refractivity contribution in [2.24, 2.45) is 0 Å². The number of thioether (sulfide) groups is 1. The van der Waals surface area contributed by atoms with Gasteiger partial charge < -0.3 is 10.2 Å². The van der Waals surface area contributed by atoms with Crippen molar-refractivity contribution in [2.45, 2.75) is 18.7 Å². The maximum atomic E-state index is 12.0. The molecule has 1 aromatic carbocycles. The average molecular weight is 347 g/mol. The zero-order chi connectivity index (χ0) is 16.2. The van der Waals surface area contributed by atoms with E-state index >= 15 is 0 Å². The van der Waals surface area contributed by atoms with E-state index in [1.54, 1.807) is 30.4 Å². The number of nitrogens with zero attached hydrogens (tertiary/aromatic N) is 2. The molecule has 0 bridgehead atoms. The van der Waals surface area contributed by atoms with Crippen molar-refractivity contribution in [3.8, 4) is 0 Å². The number of hydrogen-bond acceptors (Lipinski definition) is 6. The number of amides is 1. The minimum Gasteiger partial charge on any atom is -0.346 e. The number of carbonyl (C=O) groups is 2. The van der Waals surface area contributed by atoms with E-state index in [1.165, 1.54) is 11.8 Å². The minimum atomic E-state index is -0.0953. The Morgan fingerprint density at radius 2 is 2.09 bits per heavy atom. The molecule has 2 heterocycles. The number of thiazole rings is 1. The van der Waals surface area contributed by atoms with E-state index < -0.39 is 0 Å². The van der Waals surface area contributed by atoms with Gasteiger partial charge in [0.05, 0.1) is 12.2 Å². The van der Waals surface area contributed by atoms with Crippen LogP contribution in [0, 0.1) is 0 Å². The number of hydrogen-bond donors (Lipinski definition) is 1. The third kappa shape index (κ3) is 4.11. The maximum Gasteiger partial charge on any atom is 0.251 e. The maximum absolute atomic E-state index is 12.0. The van der Waals surface area contributed by atoms with Crippen molar-refractivity contribution in [3.63, 3.8) is 0 Å². The summed E-state index contributed by atoms with van der Waals surface area (Å²) in [7, 11) is 0. The largest absolute Gasteiger partial charge is 0.346 e. The highest BCUT2D eigenvalue weighted by molar-refractivity contribution is 8.14. The molecule has 1 N–H and O–H groups in total. The Morgan fingerprint density at radius 3 is 2.78 bits per heavy atom. The normalized spacial score (nSPS) is 14.4. The Bertz CT molecular complexity index is 696. The quantitative estimate of drug-likeness (QED) is 0.901. The van der Waals surface area contributed by atoms with E-state index in [4.69, 9.17) is 0 Å². The van der Waals surface area contributed by atoms with Crippen LogP contribution in [0.25, 0.3) is 0 Å². The highest BCUT2D eigenvalue weighted by Gasteiger charge is 2.30. The third-order valence-corrected chi connectivity index (χ3v) is 5.37. The number of aromatic nitrogens is 1. The molecule has 0 spiro atoms. The topological polar surface area (TPSA) is 62.3 Å². The molecule has 2 aromatic rings. The summed E-state index contributed by atoms with van der Waals surface area (Å²) >= 11 is 2.97. The first kappa shape index (κ1) is 16.0. The fourth-order valence-electron chi connectivity index (χ4n) is 2.29. The monoisotopic (exact) mass is 347 g/mol. The Balaban J connectivity index is 1.49. The first-order valence-corrected chi connectivity index (χ1v) is 9.07. The van der Waals surface area contributed by atoms with Gasteiger partial charge in [0, 0.05) is 36.2 Å². The molecule has 1 aromatic heterocycles. The molecule has 23 heavy (non-hydrogen) atoms. The summed E-state index contributed by atoms with van der Waals surface area (Å²) in [6, 6.07) is 9.14. The van der Waals surface area contributed by atoms with Crippen molar-refractivity contribution >= 4 is 39.3 Å². The lowest BCUT2D eigenvalue weighted by molar-refractivity contribution is -0.109. The Labute approximate surface area is 143 Å². The van der Waals surface area contributed by atoms with Gasteiger partial charge in [0.1, 0.15) is 0 Å². The van der Waals surface area contributed by atoms with E-state index in [0.717, 1.165) is 23.9 Å². The lowest BCUT2D eigenvalue weighted by Crippen LogP contribution is -2.49. The van der Waals surface area contributed by atoms with Gasteiger partial charge in [-0.05, 0) is 12.1 Å². The van der Waals surface area contributed by atoms with Crippen LogP contribution in [-0.4, -0.2) is 34.3 Å². The second-order valence-electron chi connectivity index (χ2n) is 5.31. The van der Waals surface area contributed by atoms with E-state index in [9.17, 15) is 9.59 Å². The molecule has 0 aliphatic carbocycles. The standard InChI is InChI=1S/C16H17N3O2S2/c1-11(20)23-14-8-19(9-14)16-18-13(10-22-16)7-17-15(21)12-5-3-2-4-6-12/h2-6,10,14H,7-9H2,1H3,(H,17,21). The number of rotatable bonds is 5. The molecule has 0 atom stereocenters. The Morgan fingerprint density at radius 1 is 1.35 bits per heavy atom. The molecule has 1 aliphatic heterocycles. The van der Waals surface area contributed by atoms with Crippen molar-refractivity contribution in [1.29, 1.82) is 0 Å². The zero-order valence-electron chi connectivity index (χ0n) is 12.7. The molecule has 0 saturated carbocycles. The smallest absolute Gasteiger partial charge is 0.251 e. The first-order valence-electron chi connectivity index (χ1n) is 7.31. The number of carbonyl (C=O) groups excluding carboxylic acids is 2. The minimum absolute atomic E-state index is 0.0953. The van der Waals surface area contributed by atoms with Gasteiger partial charge in [0.25, 0.3) is 5.91 Å². The highest BCUT2D eigenvalue weighted by atomic mass is 32.2. The van der Waals surface area contributed by atoms with Gasteiger partial charge >= 0.3 is 0 Å². The SMILES string of the molecule is CC(=O)SC1CN(c2nc(CNC(=O)c3ccccc3)cs2)C1. The van der Waals surface area contributed by atoms with Crippen molar-refractivity contribution in [2.75, 3.05) is 18.0 Å². The van der Waals surface area contributed by atoms with Crippen LogP contribution >= 0.6 is 23.1 Å². The van der Waals surface area contributed by atoms with Crippen molar-refractivity contribution in [1.82, 2.24) is 10.3 Å². The lowest BCUT2D eigenvalue weighted by Gasteiger charge is -2.37. The summed E-state index contributed by atoms with van der Waals surface area (Å²) in [6.45, 7) is 3.73. The predicted molar refractivity (Wildman–Crippen MR) is 94.0 cm³/mol. The third-order valence-electron chi connectivity index (χ3n) is 3.46. The van der Waals surface area contributed by atoms with Crippen LogP contribution in [0.3, 0.4) is 0 Å². The van der Waals surface area contributed by atoms with Gasteiger partial charge in [-0.2, -0.15) is 0 Å². The lowest BCUT2D eigenvalue weighted by atomic mass is 10.2. The molecule has 1 amide bonds.